The predicted molar refractivity (Wildman–Crippen MR) is 173 cm³/mol. The van der Waals surface area contributed by atoms with Gasteiger partial charge in [0.15, 0.2) is 0 Å². The Morgan fingerprint density at radius 1 is 1.02 bits per heavy atom. The second kappa shape index (κ2) is 13.1. The Bertz CT molecular complexity index is 1280. The molecule has 0 amide bonds. The summed E-state index contributed by atoms with van der Waals surface area (Å²) >= 11 is 2.08. The van der Waals surface area contributed by atoms with Crippen LogP contribution in [0.5, 0.6) is 5.75 Å². The molecule has 2 heterocycles. The van der Waals surface area contributed by atoms with Gasteiger partial charge in [-0.1, -0.05) is 51.8 Å². The quantitative estimate of drug-likeness (QED) is 0.200. The lowest BCUT2D eigenvalue weighted by atomic mass is 9.86. The van der Waals surface area contributed by atoms with Gasteiger partial charge in [0, 0.05) is 59.6 Å². The van der Waals surface area contributed by atoms with Gasteiger partial charge in [-0.05, 0) is 80.0 Å². The van der Waals surface area contributed by atoms with Crippen molar-refractivity contribution in [3.63, 3.8) is 0 Å². The van der Waals surface area contributed by atoms with Crippen LogP contribution in [-0.2, 0) is 6.54 Å². The maximum absolute atomic E-state index is 10.2. The van der Waals surface area contributed by atoms with Crippen molar-refractivity contribution in [3.8, 4) is 17.0 Å². The molecule has 216 valence electrons. The van der Waals surface area contributed by atoms with E-state index in [4.69, 9.17) is 4.74 Å². The second-order valence-electron chi connectivity index (χ2n) is 12.0. The topological polar surface area (TPSA) is 37.6 Å². The highest BCUT2D eigenvalue weighted by atomic mass is 32.2. The van der Waals surface area contributed by atoms with Crippen molar-refractivity contribution in [2.75, 3.05) is 37.7 Å². The number of benzene rings is 2. The molecule has 1 atom stereocenters. The maximum Gasteiger partial charge on any atom is 0.119 e. The summed E-state index contributed by atoms with van der Waals surface area (Å²) in [6.45, 7) is 15.9. The molecular formula is C35H48N2O2S. The Kier molecular flexibility index (Phi) is 9.53. The number of unbranched alkanes of at least 4 members (excludes halogenated alkanes) is 1. The van der Waals surface area contributed by atoms with Crippen molar-refractivity contribution in [3.05, 3.63) is 60.2 Å². The van der Waals surface area contributed by atoms with Gasteiger partial charge in [0.2, 0.25) is 0 Å². The van der Waals surface area contributed by atoms with E-state index in [0.29, 0.717) is 11.3 Å². The molecule has 1 N–H and O–H groups in total. The summed E-state index contributed by atoms with van der Waals surface area (Å²) in [5, 5.41) is 11.5. The first kappa shape index (κ1) is 29.1. The molecule has 2 fully saturated rings. The molecule has 1 saturated carbocycles. The van der Waals surface area contributed by atoms with Gasteiger partial charge in [0.05, 0.1) is 12.3 Å². The number of fused-ring (bicyclic) bond motifs is 1. The van der Waals surface area contributed by atoms with Gasteiger partial charge >= 0.3 is 0 Å². The number of nitrogens with zero attached hydrogens (tertiary/aromatic N) is 2. The van der Waals surface area contributed by atoms with E-state index in [1.807, 2.05) is 6.07 Å². The summed E-state index contributed by atoms with van der Waals surface area (Å²) in [7, 11) is 0. The zero-order valence-electron chi connectivity index (χ0n) is 24.9. The fourth-order valence-electron chi connectivity index (χ4n) is 6.54. The molecule has 2 aromatic carbocycles. The van der Waals surface area contributed by atoms with Gasteiger partial charge < -0.3 is 19.3 Å². The fraction of sp³-hybridized carbons (Fsp3) is 0.543. The van der Waals surface area contributed by atoms with Gasteiger partial charge in [-0.15, -0.1) is 0 Å². The van der Waals surface area contributed by atoms with Gasteiger partial charge in [-0.2, -0.15) is 11.8 Å². The predicted octanol–water partition coefficient (Wildman–Crippen LogP) is 9.14. The summed E-state index contributed by atoms with van der Waals surface area (Å²) < 4.78 is 8.86. The average molecular weight is 561 g/mol. The molecular weight excluding hydrogens is 512 g/mol. The number of thioether (sulfide) groups is 1. The summed E-state index contributed by atoms with van der Waals surface area (Å²) in [6, 6.07) is 15.2. The van der Waals surface area contributed by atoms with Crippen molar-refractivity contribution in [2.24, 2.45) is 5.41 Å². The second-order valence-corrected chi connectivity index (χ2v) is 13.2. The van der Waals surface area contributed by atoms with Crippen LogP contribution in [0.1, 0.15) is 82.8 Å². The van der Waals surface area contributed by atoms with Crippen molar-refractivity contribution in [1.29, 1.82) is 0 Å². The molecule has 2 aliphatic rings. The van der Waals surface area contributed by atoms with Crippen molar-refractivity contribution < 1.29 is 9.84 Å². The molecule has 1 aliphatic heterocycles. The van der Waals surface area contributed by atoms with Gasteiger partial charge in [-0.3, -0.25) is 0 Å². The molecule has 1 aromatic heterocycles. The Balaban J connectivity index is 1.44. The van der Waals surface area contributed by atoms with Crippen LogP contribution >= 0.6 is 11.8 Å². The van der Waals surface area contributed by atoms with E-state index in [0.717, 1.165) is 24.5 Å². The average Bonchev–Trinajstić information content (AvgIpc) is 3.66. The van der Waals surface area contributed by atoms with Crippen LogP contribution in [0.2, 0.25) is 0 Å². The zero-order chi connectivity index (χ0) is 28.1. The molecule has 0 spiro atoms. The van der Waals surface area contributed by atoms with Crippen molar-refractivity contribution >= 4 is 28.4 Å². The molecule has 1 aliphatic carbocycles. The molecule has 0 radical (unpaired) electrons. The van der Waals surface area contributed by atoms with Crippen molar-refractivity contribution in [1.82, 2.24) is 9.47 Å². The summed E-state index contributed by atoms with van der Waals surface area (Å²) in [5.74, 6) is 4.14. The lowest BCUT2D eigenvalue weighted by Crippen LogP contribution is -2.38. The summed E-state index contributed by atoms with van der Waals surface area (Å²) in [5.41, 5.74) is 6.36. The largest absolute Gasteiger partial charge is 0.508 e. The first-order valence-electron chi connectivity index (χ1n) is 15.6. The molecule has 5 rings (SSSR count). The first-order chi connectivity index (χ1) is 19.5. The minimum absolute atomic E-state index is 0.124. The number of aromatic nitrogens is 1. The van der Waals surface area contributed by atoms with Crippen LogP contribution in [0.15, 0.2) is 49.0 Å². The third-order valence-corrected chi connectivity index (χ3v) is 9.94. The van der Waals surface area contributed by atoms with E-state index < -0.39 is 0 Å². The lowest BCUT2D eigenvalue weighted by molar-refractivity contribution is 0.169. The Morgan fingerprint density at radius 3 is 2.40 bits per heavy atom. The number of hydrogen-bond acceptors (Lipinski definition) is 4. The normalized spacial score (nSPS) is 17.7. The minimum atomic E-state index is 0.124. The number of hydrogen-bond donors (Lipinski definition) is 1. The van der Waals surface area contributed by atoms with E-state index in [1.54, 1.807) is 0 Å². The monoisotopic (exact) mass is 560 g/mol. The Labute approximate surface area is 245 Å². The van der Waals surface area contributed by atoms with Gasteiger partial charge in [0.1, 0.15) is 11.5 Å². The number of aryl methyl sites for hydroxylation is 1. The minimum Gasteiger partial charge on any atom is -0.508 e. The highest BCUT2D eigenvalue weighted by Crippen LogP contribution is 2.47. The molecule has 40 heavy (non-hydrogen) atoms. The van der Waals surface area contributed by atoms with E-state index in [1.165, 1.54) is 104 Å². The van der Waals surface area contributed by atoms with E-state index >= 15 is 0 Å². The summed E-state index contributed by atoms with van der Waals surface area (Å²) in [4.78, 5) is 2.64. The summed E-state index contributed by atoms with van der Waals surface area (Å²) in [6.07, 6.45) is 8.57. The first-order valence-corrected chi connectivity index (χ1v) is 16.7. The Hall–Kier alpha value is -2.37. The van der Waals surface area contributed by atoms with E-state index in [9.17, 15) is 5.11 Å². The molecule has 0 bridgehead atoms. The van der Waals surface area contributed by atoms with E-state index in [2.05, 4.69) is 85.0 Å². The molecule has 1 saturated heterocycles. The smallest absolute Gasteiger partial charge is 0.119 e. The number of ether oxygens (including phenoxy) is 1. The molecule has 3 aromatic rings. The molecule has 1 unspecified atom stereocenters. The molecule has 4 nitrogen and oxygen atoms in total. The van der Waals surface area contributed by atoms with Crippen LogP contribution in [0.25, 0.3) is 27.9 Å². The van der Waals surface area contributed by atoms with Crippen LogP contribution in [-0.4, -0.2) is 52.3 Å². The van der Waals surface area contributed by atoms with E-state index in [-0.39, 0.29) is 5.76 Å². The highest BCUT2D eigenvalue weighted by molar-refractivity contribution is 7.99. The zero-order valence-corrected chi connectivity index (χ0v) is 25.7. The SMILES string of the molecule is C=C(O)c1ccc2c(C(CCC)CCCC)c(-c3ccc(OCC4(CN5CCSCC5)CC4)cc3)n(CC)c2c1. The van der Waals surface area contributed by atoms with Gasteiger partial charge in [-0.25, -0.2) is 0 Å². The van der Waals surface area contributed by atoms with Crippen LogP contribution in [0.3, 0.4) is 0 Å². The van der Waals surface area contributed by atoms with Crippen LogP contribution in [0.4, 0.5) is 0 Å². The Morgan fingerprint density at radius 2 is 1.77 bits per heavy atom. The van der Waals surface area contributed by atoms with Crippen LogP contribution < -0.4 is 4.74 Å². The standard InChI is InChI=1S/C35H48N2O2S/c1-5-8-10-27(9-6-2)33-31-16-13-29(26(4)38)23-32(31)37(7-3)34(33)28-11-14-30(15-12-28)39-25-35(17-18-35)24-36-19-21-40-22-20-36/h11-16,23,27,38H,4-10,17-22,24-25H2,1-3H3. The third kappa shape index (κ3) is 6.41. The van der Waals surface area contributed by atoms with Gasteiger partial charge in [0.25, 0.3) is 0 Å². The lowest BCUT2D eigenvalue weighted by Gasteiger charge is -2.30. The number of rotatable bonds is 14. The van der Waals surface area contributed by atoms with Crippen LogP contribution in [0, 0.1) is 5.41 Å². The number of aliphatic hydroxyl groups is 1. The highest BCUT2D eigenvalue weighted by Gasteiger charge is 2.45. The third-order valence-electron chi connectivity index (χ3n) is 9.00. The fourth-order valence-corrected chi connectivity index (χ4v) is 7.52. The maximum atomic E-state index is 10.2. The molecule has 5 heteroatoms. The number of aliphatic hydroxyl groups excluding tert-OH is 1. The van der Waals surface area contributed by atoms with Crippen molar-refractivity contribution in [2.45, 2.75) is 78.2 Å².